The van der Waals surface area contributed by atoms with Crippen LogP contribution in [0.4, 0.5) is 13.2 Å². The van der Waals surface area contributed by atoms with Gasteiger partial charge in [-0.05, 0) is 36.8 Å². The van der Waals surface area contributed by atoms with Crippen molar-refractivity contribution in [2.24, 2.45) is 0 Å². The summed E-state index contributed by atoms with van der Waals surface area (Å²) < 4.78 is 46.3. The van der Waals surface area contributed by atoms with Crippen LogP contribution in [0.5, 0.6) is 5.75 Å². The van der Waals surface area contributed by atoms with Crippen molar-refractivity contribution in [2.45, 2.75) is 18.0 Å². The minimum Gasteiger partial charge on any atom is -0.468 e. The smallest absolute Gasteiger partial charge is 0.468 e. The molecular formula is C17H16F3NO3S. The minimum absolute atomic E-state index is 0.174. The lowest BCUT2D eigenvalue weighted by atomic mass is 10.1. The molecule has 25 heavy (non-hydrogen) atoms. The van der Waals surface area contributed by atoms with Gasteiger partial charge in [0.25, 0.3) is 5.91 Å². The van der Waals surface area contributed by atoms with Gasteiger partial charge in [0.1, 0.15) is 11.5 Å². The molecule has 0 aliphatic carbocycles. The Hall–Kier alpha value is -2.09. The highest BCUT2D eigenvalue weighted by Gasteiger charge is 2.31. The maximum Gasteiger partial charge on any atom is 0.573 e. The zero-order valence-electron chi connectivity index (χ0n) is 13.2. The number of hydrogen-bond donors (Lipinski definition) is 0. The van der Waals surface area contributed by atoms with Crippen LogP contribution in [0.2, 0.25) is 0 Å². The van der Waals surface area contributed by atoms with Crippen molar-refractivity contribution in [2.75, 3.05) is 18.8 Å². The fourth-order valence-electron chi connectivity index (χ4n) is 2.68. The van der Waals surface area contributed by atoms with Crippen LogP contribution in [0, 0.1) is 0 Å². The number of halogens is 3. The summed E-state index contributed by atoms with van der Waals surface area (Å²) in [4.78, 5) is 14.3. The Morgan fingerprint density at radius 1 is 1.24 bits per heavy atom. The Morgan fingerprint density at radius 2 is 2.08 bits per heavy atom. The van der Waals surface area contributed by atoms with Crippen molar-refractivity contribution in [1.82, 2.24) is 4.90 Å². The molecule has 0 N–H and O–H groups in total. The quantitative estimate of drug-likeness (QED) is 0.797. The number of amides is 1. The third-order valence-electron chi connectivity index (χ3n) is 3.80. The maximum absolute atomic E-state index is 12.6. The van der Waals surface area contributed by atoms with Gasteiger partial charge in [-0.25, -0.2) is 0 Å². The van der Waals surface area contributed by atoms with E-state index in [1.807, 2.05) is 12.1 Å². The van der Waals surface area contributed by atoms with E-state index < -0.39 is 12.1 Å². The SMILES string of the molecule is O=C(c1cccc(OC(F)(F)F)c1)N1CCSC(c2ccco2)CC1. The number of carbonyl (C=O) groups is 1. The molecule has 1 saturated heterocycles. The molecule has 1 unspecified atom stereocenters. The molecule has 0 radical (unpaired) electrons. The van der Waals surface area contributed by atoms with Gasteiger partial charge >= 0.3 is 6.36 Å². The van der Waals surface area contributed by atoms with E-state index in [1.54, 1.807) is 22.9 Å². The van der Waals surface area contributed by atoms with Gasteiger partial charge in [0, 0.05) is 24.4 Å². The van der Waals surface area contributed by atoms with Crippen LogP contribution in [0.3, 0.4) is 0 Å². The van der Waals surface area contributed by atoms with Crippen LogP contribution in [0.15, 0.2) is 47.1 Å². The molecule has 0 saturated carbocycles. The van der Waals surface area contributed by atoms with Crippen molar-refractivity contribution >= 4 is 17.7 Å². The van der Waals surface area contributed by atoms with Gasteiger partial charge in [-0.3, -0.25) is 4.79 Å². The monoisotopic (exact) mass is 371 g/mol. The molecule has 0 spiro atoms. The Balaban J connectivity index is 1.68. The highest BCUT2D eigenvalue weighted by Crippen LogP contribution is 2.35. The molecule has 1 aromatic carbocycles. The predicted molar refractivity (Wildman–Crippen MR) is 87.6 cm³/mol. The molecule has 1 atom stereocenters. The van der Waals surface area contributed by atoms with Crippen molar-refractivity contribution in [3.8, 4) is 5.75 Å². The lowest BCUT2D eigenvalue weighted by molar-refractivity contribution is -0.274. The molecule has 3 rings (SSSR count). The average molecular weight is 371 g/mol. The molecule has 1 aliphatic rings. The molecule has 2 heterocycles. The number of nitrogens with zero attached hydrogens (tertiary/aromatic N) is 1. The molecule has 1 aliphatic heterocycles. The maximum atomic E-state index is 12.6. The molecular weight excluding hydrogens is 355 g/mol. The van der Waals surface area contributed by atoms with Crippen LogP contribution >= 0.6 is 11.8 Å². The second-order valence-electron chi connectivity index (χ2n) is 5.53. The van der Waals surface area contributed by atoms with E-state index in [1.165, 1.54) is 18.2 Å². The lowest BCUT2D eigenvalue weighted by Crippen LogP contribution is -2.33. The van der Waals surface area contributed by atoms with E-state index in [0.717, 1.165) is 24.0 Å². The van der Waals surface area contributed by atoms with E-state index in [2.05, 4.69) is 4.74 Å². The van der Waals surface area contributed by atoms with Gasteiger partial charge < -0.3 is 14.1 Å². The van der Waals surface area contributed by atoms with Crippen molar-refractivity contribution in [3.05, 3.63) is 54.0 Å². The van der Waals surface area contributed by atoms with Crippen molar-refractivity contribution in [1.29, 1.82) is 0 Å². The Morgan fingerprint density at radius 3 is 2.80 bits per heavy atom. The number of ether oxygens (including phenoxy) is 1. The largest absolute Gasteiger partial charge is 0.573 e. The first-order valence-corrected chi connectivity index (χ1v) is 8.77. The number of hydrogen-bond acceptors (Lipinski definition) is 4. The fraction of sp³-hybridized carbons (Fsp3) is 0.353. The number of benzene rings is 1. The average Bonchev–Trinajstić information content (AvgIpc) is 2.98. The summed E-state index contributed by atoms with van der Waals surface area (Å²) in [6.45, 7) is 1.05. The van der Waals surface area contributed by atoms with Gasteiger partial charge in [-0.2, -0.15) is 0 Å². The first kappa shape index (κ1) is 17.7. The molecule has 134 valence electrons. The van der Waals surface area contributed by atoms with Crippen molar-refractivity contribution < 1.29 is 27.1 Å². The van der Waals surface area contributed by atoms with E-state index in [0.29, 0.717) is 13.1 Å². The third-order valence-corrected chi connectivity index (χ3v) is 5.09. The van der Waals surface area contributed by atoms with Crippen LogP contribution in [-0.4, -0.2) is 36.0 Å². The lowest BCUT2D eigenvalue weighted by Gasteiger charge is -2.20. The second kappa shape index (κ2) is 7.43. The summed E-state index contributed by atoms with van der Waals surface area (Å²) in [5.41, 5.74) is 0.184. The third kappa shape index (κ3) is 4.72. The Labute approximate surface area is 146 Å². The minimum atomic E-state index is -4.78. The van der Waals surface area contributed by atoms with E-state index in [-0.39, 0.29) is 16.7 Å². The van der Waals surface area contributed by atoms with E-state index >= 15 is 0 Å². The summed E-state index contributed by atoms with van der Waals surface area (Å²) in [6.07, 6.45) is -2.43. The summed E-state index contributed by atoms with van der Waals surface area (Å²) in [5, 5.41) is 0.174. The molecule has 0 bridgehead atoms. The fourth-order valence-corrected chi connectivity index (χ4v) is 3.86. The van der Waals surface area contributed by atoms with Gasteiger partial charge in [-0.15, -0.1) is 24.9 Å². The number of rotatable bonds is 3. The Bertz CT molecular complexity index is 718. The molecule has 1 amide bonds. The number of alkyl halides is 3. The standard InChI is InChI=1S/C17H16F3NO3S/c18-17(19,20)24-13-4-1-3-12(11-13)16(22)21-7-6-15(25-10-8-21)14-5-2-9-23-14/h1-5,9,11,15H,6-8,10H2. The Kier molecular flexibility index (Phi) is 5.27. The van der Waals surface area contributed by atoms with Gasteiger partial charge in [0.2, 0.25) is 0 Å². The zero-order valence-corrected chi connectivity index (χ0v) is 14.0. The molecule has 1 aromatic heterocycles. The molecule has 2 aromatic rings. The number of furan rings is 1. The molecule has 8 heteroatoms. The predicted octanol–water partition coefficient (Wildman–Crippen LogP) is 4.50. The second-order valence-corrected chi connectivity index (χ2v) is 6.84. The van der Waals surface area contributed by atoms with Crippen LogP contribution in [-0.2, 0) is 0 Å². The van der Waals surface area contributed by atoms with Crippen molar-refractivity contribution in [3.63, 3.8) is 0 Å². The van der Waals surface area contributed by atoms with Crippen LogP contribution in [0.25, 0.3) is 0 Å². The first-order chi connectivity index (χ1) is 11.9. The number of carbonyl (C=O) groups excluding carboxylic acids is 1. The summed E-state index contributed by atoms with van der Waals surface area (Å²) in [6, 6.07) is 8.91. The molecule has 1 fully saturated rings. The van der Waals surface area contributed by atoms with Gasteiger partial charge in [0.05, 0.1) is 11.5 Å². The highest BCUT2D eigenvalue weighted by molar-refractivity contribution is 7.99. The molecule has 4 nitrogen and oxygen atoms in total. The normalized spacial score (nSPS) is 18.7. The van der Waals surface area contributed by atoms with Gasteiger partial charge in [0.15, 0.2) is 0 Å². The van der Waals surface area contributed by atoms with E-state index in [4.69, 9.17) is 4.42 Å². The number of thioether (sulfide) groups is 1. The topological polar surface area (TPSA) is 42.7 Å². The zero-order chi connectivity index (χ0) is 17.9. The summed E-state index contributed by atoms with van der Waals surface area (Å²) in [7, 11) is 0. The highest BCUT2D eigenvalue weighted by atomic mass is 32.2. The summed E-state index contributed by atoms with van der Waals surface area (Å²) >= 11 is 1.71. The van der Waals surface area contributed by atoms with Gasteiger partial charge in [-0.1, -0.05) is 6.07 Å². The first-order valence-electron chi connectivity index (χ1n) is 7.72. The van der Waals surface area contributed by atoms with E-state index in [9.17, 15) is 18.0 Å². The summed E-state index contributed by atoms with van der Waals surface area (Å²) in [5.74, 6) is 0.916. The van der Waals surface area contributed by atoms with Crippen LogP contribution < -0.4 is 4.74 Å². The van der Waals surface area contributed by atoms with Crippen LogP contribution in [0.1, 0.15) is 27.8 Å².